The van der Waals surface area contributed by atoms with Crippen molar-refractivity contribution in [2.24, 2.45) is 28.6 Å². The Morgan fingerprint density at radius 3 is 2.59 bits per heavy atom. The van der Waals surface area contributed by atoms with Crippen molar-refractivity contribution >= 4 is 11.9 Å². The van der Waals surface area contributed by atoms with Crippen LogP contribution in [-0.2, 0) is 28.5 Å². The van der Waals surface area contributed by atoms with E-state index in [1.54, 1.807) is 6.08 Å². The van der Waals surface area contributed by atoms with Crippen LogP contribution in [0.25, 0.3) is 0 Å². The number of carbonyl (C=O) groups is 2. The summed E-state index contributed by atoms with van der Waals surface area (Å²) in [6, 6.07) is 0. The second kappa shape index (κ2) is 9.47. The summed E-state index contributed by atoms with van der Waals surface area (Å²) in [5.74, 6) is -0.674. The minimum atomic E-state index is -1.60. The Balaban J connectivity index is 1.29. The Morgan fingerprint density at radius 1 is 1.10 bits per heavy atom. The van der Waals surface area contributed by atoms with Gasteiger partial charge in [0.15, 0.2) is 6.29 Å². The van der Waals surface area contributed by atoms with Gasteiger partial charge in [0, 0.05) is 18.4 Å². The first-order chi connectivity index (χ1) is 18.4. The monoisotopic (exact) mass is 552 g/mol. The van der Waals surface area contributed by atoms with Crippen molar-refractivity contribution in [2.45, 2.75) is 107 Å². The molecular formula is C28H40O11. The number of rotatable bonds is 5. The minimum absolute atomic E-state index is 0.142. The molecule has 0 radical (unpaired) electrons. The minimum Gasteiger partial charge on any atom is -0.459 e. The van der Waals surface area contributed by atoms with Gasteiger partial charge in [0.2, 0.25) is 0 Å². The zero-order valence-electron chi connectivity index (χ0n) is 22.4. The Labute approximate surface area is 227 Å². The molecule has 6 rings (SSSR count). The lowest BCUT2D eigenvalue weighted by Gasteiger charge is -2.61. The fourth-order valence-electron chi connectivity index (χ4n) is 9.53. The number of fused-ring (bicyclic) bond motifs is 5. The SMILES string of the molecule is CC(=O)OC1C(O)(COC2OC(CO)C(O)C(O)C2O)C2CCC3C4(C)CCC5OC(=O)C=C5C4CCC31C2. The first-order valence-corrected chi connectivity index (χ1v) is 14.2. The zero-order valence-corrected chi connectivity index (χ0v) is 22.4. The van der Waals surface area contributed by atoms with Gasteiger partial charge in [-0.2, -0.15) is 0 Å². The highest BCUT2D eigenvalue weighted by Gasteiger charge is 2.73. The molecule has 2 bridgehead atoms. The van der Waals surface area contributed by atoms with E-state index in [9.17, 15) is 35.1 Å². The third-order valence-corrected chi connectivity index (χ3v) is 11.2. The quantitative estimate of drug-likeness (QED) is 0.289. The Hall–Kier alpha value is -1.60. The van der Waals surface area contributed by atoms with Crippen LogP contribution in [0.1, 0.15) is 58.8 Å². The lowest BCUT2D eigenvalue weighted by Crippen LogP contribution is -2.61. The highest BCUT2D eigenvalue weighted by molar-refractivity contribution is 5.86. The van der Waals surface area contributed by atoms with Gasteiger partial charge in [0.25, 0.3) is 0 Å². The van der Waals surface area contributed by atoms with Gasteiger partial charge in [0.1, 0.15) is 42.2 Å². The van der Waals surface area contributed by atoms with Crippen LogP contribution in [0.4, 0.5) is 0 Å². The molecule has 6 aliphatic rings. The molecule has 1 spiro atoms. The summed E-state index contributed by atoms with van der Waals surface area (Å²) in [6.45, 7) is 2.70. The Bertz CT molecular complexity index is 1040. The number of esters is 2. The third-order valence-electron chi connectivity index (χ3n) is 11.2. The van der Waals surface area contributed by atoms with Crippen molar-refractivity contribution in [3.8, 4) is 0 Å². The summed E-state index contributed by atoms with van der Waals surface area (Å²) in [7, 11) is 0. The van der Waals surface area contributed by atoms with E-state index in [1.165, 1.54) is 6.92 Å². The Morgan fingerprint density at radius 2 is 1.87 bits per heavy atom. The summed E-state index contributed by atoms with van der Waals surface area (Å²) < 4.78 is 22.9. The predicted octanol–water partition coefficient (Wildman–Crippen LogP) is -0.0561. The molecule has 4 saturated carbocycles. The van der Waals surface area contributed by atoms with E-state index in [0.29, 0.717) is 19.3 Å². The summed E-state index contributed by atoms with van der Waals surface area (Å²) in [6.07, 6.45) is -1.27. The zero-order chi connectivity index (χ0) is 27.9. The van der Waals surface area contributed by atoms with E-state index < -0.39 is 60.4 Å². The highest BCUT2D eigenvalue weighted by atomic mass is 16.7. The normalized spacial score (nSPS) is 52.3. The van der Waals surface area contributed by atoms with Crippen LogP contribution in [0.5, 0.6) is 0 Å². The van der Waals surface area contributed by atoms with Crippen LogP contribution in [0, 0.1) is 28.6 Å². The van der Waals surface area contributed by atoms with Gasteiger partial charge in [-0.15, -0.1) is 0 Å². The van der Waals surface area contributed by atoms with Crippen molar-refractivity contribution < 1.29 is 54.1 Å². The van der Waals surface area contributed by atoms with Crippen molar-refractivity contribution in [3.63, 3.8) is 0 Å². The molecule has 0 aromatic carbocycles. The van der Waals surface area contributed by atoms with Gasteiger partial charge in [0.05, 0.1) is 13.2 Å². The number of hydrogen-bond donors (Lipinski definition) is 5. The molecule has 11 heteroatoms. The fourth-order valence-corrected chi connectivity index (χ4v) is 9.53. The molecular weight excluding hydrogens is 512 g/mol. The molecule has 4 aliphatic carbocycles. The summed E-state index contributed by atoms with van der Waals surface area (Å²) >= 11 is 0. The maximum Gasteiger partial charge on any atom is 0.331 e. The number of ether oxygens (including phenoxy) is 4. The average molecular weight is 553 g/mol. The van der Waals surface area contributed by atoms with Crippen molar-refractivity contribution in [1.82, 2.24) is 0 Å². The average Bonchev–Trinajstić information content (AvgIpc) is 3.35. The van der Waals surface area contributed by atoms with Crippen LogP contribution < -0.4 is 0 Å². The molecule has 218 valence electrons. The lowest BCUT2D eigenvalue weighted by molar-refractivity contribution is -0.313. The van der Waals surface area contributed by atoms with Crippen molar-refractivity contribution in [1.29, 1.82) is 0 Å². The molecule has 11 nitrogen and oxygen atoms in total. The lowest BCUT2D eigenvalue weighted by atomic mass is 9.44. The molecule has 13 atom stereocenters. The molecule has 2 heterocycles. The largest absolute Gasteiger partial charge is 0.459 e. The molecule has 5 fully saturated rings. The van der Waals surface area contributed by atoms with Gasteiger partial charge in [-0.3, -0.25) is 4.79 Å². The smallest absolute Gasteiger partial charge is 0.331 e. The molecule has 1 saturated heterocycles. The summed E-state index contributed by atoms with van der Waals surface area (Å²) in [4.78, 5) is 24.5. The molecule has 0 aromatic heterocycles. The van der Waals surface area contributed by atoms with Crippen LogP contribution in [-0.4, -0.2) is 99.2 Å². The molecule has 0 amide bonds. The predicted molar refractivity (Wildman–Crippen MR) is 132 cm³/mol. The van der Waals surface area contributed by atoms with Gasteiger partial charge in [-0.05, 0) is 73.7 Å². The first-order valence-electron chi connectivity index (χ1n) is 14.2. The number of aliphatic hydroxyl groups excluding tert-OH is 4. The van der Waals surface area contributed by atoms with E-state index in [2.05, 4.69) is 6.92 Å². The number of aliphatic hydroxyl groups is 5. The second-order valence-corrected chi connectivity index (χ2v) is 13.0. The van der Waals surface area contributed by atoms with Gasteiger partial charge in [-0.25, -0.2) is 4.79 Å². The Kier molecular flexibility index (Phi) is 6.69. The van der Waals surface area contributed by atoms with Crippen molar-refractivity contribution in [3.05, 3.63) is 11.6 Å². The van der Waals surface area contributed by atoms with Crippen LogP contribution in [0.15, 0.2) is 11.6 Å². The standard InChI is InChI=1S/C28H40O11/c1-13(30)37-25-27-8-5-16-15-9-20(31)38-17(15)6-7-26(16,2)19(27)4-3-14(10-27)28(25,35)12-36-24-23(34)22(33)21(32)18(11-29)39-24/h9,14,16-19,21-25,29,32-35H,3-8,10-12H2,1-2H3. The van der Waals surface area contributed by atoms with E-state index in [0.717, 1.165) is 31.3 Å². The van der Waals surface area contributed by atoms with E-state index >= 15 is 0 Å². The topological polar surface area (TPSA) is 172 Å². The molecule has 0 aromatic rings. The highest BCUT2D eigenvalue weighted by Crippen LogP contribution is 2.72. The third kappa shape index (κ3) is 3.95. The number of carbonyl (C=O) groups excluding carboxylic acids is 2. The fraction of sp³-hybridized carbons (Fsp3) is 0.857. The van der Waals surface area contributed by atoms with E-state index in [4.69, 9.17) is 18.9 Å². The maximum atomic E-state index is 12.4. The summed E-state index contributed by atoms with van der Waals surface area (Å²) in [5, 5.41) is 52.5. The molecule has 5 N–H and O–H groups in total. The van der Waals surface area contributed by atoms with Crippen LogP contribution >= 0.6 is 0 Å². The molecule has 2 aliphatic heterocycles. The van der Waals surface area contributed by atoms with Crippen LogP contribution in [0.3, 0.4) is 0 Å². The maximum absolute atomic E-state index is 12.4. The van der Waals surface area contributed by atoms with Gasteiger partial charge in [-0.1, -0.05) is 6.92 Å². The molecule has 39 heavy (non-hydrogen) atoms. The molecule has 13 unspecified atom stereocenters. The van der Waals surface area contributed by atoms with E-state index in [1.807, 2.05) is 0 Å². The van der Waals surface area contributed by atoms with Gasteiger partial charge < -0.3 is 44.5 Å². The van der Waals surface area contributed by atoms with Crippen molar-refractivity contribution in [2.75, 3.05) is 13.2 Å². The van der Waals surface area contributed by atoms with Gasteiger partial charge >= 0.3 is 11.9 Å². The second-order valence-electron chi connectivity index (χ2n) is 13.0. The van der Waals surface area contributed by atoms with E-state index in [-0.39, 0.29) is 41.8 Å². The number of hydrogen-bond acceptors (Lipinski definition) is 11. The van der Waals surface area contributed by atoms with Crippen LogP contribution in [0.2, 0.25) is 0 Å². The first kappa shape index (κ1) is 27.6. The summed E-state index contributed by atoms with van der Waals surface area (Å²) in [5.41, 5.74) is -1.12.